The number of rotatable bonds is 4. The van der Waals surface area contributed by atoms with Gasteiger partial charge in [-0.3, -0.25) is 4.74 Å². The summed E-state index contributed by atoms with van der Waals surface area (Å²) in [4.78, 5) is 10.5. The Hall–Kier alpha value is -1.11. The summed E-state index contributed by atoms with van der Waals surface area (Å²) >= 11 is 0. The highest BCUT2D eigenvalue weighted by Gasteiger charge is 2.70. The molecule has 0 aromatic heterocycles. The predicted octanol–water partition coefficient (Wildman–Crippen LogP) is 1.94. The first-order valence-electron chi connectivity index (χ1n) is 4.04. The van der Waals surface area contributed by atoms with Crippen molar-refractivity contribution < 1.29 is 31.8 Å². The number of carbonyl (C=O) groups is 1. The molecular weight excluding hydrogens is 220 g/mol. The Kier molecular flexibility index (Phi) is 3.03. The number of ether oxygens (including phenoxy) is 2. The summed E-state index contributed by atoms with van der Waals surface area (Å²) in [6.07, 6.45) is -7.57. The van der Waals surface area contributed by atoms with Gasteiger partial charge in [0.2, 0.25) is 0 Å². The molecule has 0 aliphatic carbocycles. The van der Waals surface area contributed by atoms with Crippen LogP contribution in [0.1, 0.15) is 6.42 Å². The fraction of sp³-hybridized carbons (Fsp3) is 0.625. The van der Waals surface area contributed by atoms with E-state index in [-0.39, 0.29) is 0 Å². The van der Waals surface area contributed by atoms with Gasteiger partial charge in [-0.15, -0.1) is 0 Å². The summed E-state index contributed by atoms with van der Waals surface area (Å²) in [6, 6.07) is 0. The van der Waals surface area contributed by atoms with Crippen molar-refractivity contribution in [2.45, 2.75) is 18.6 Å². The van der Waals surface area contributed by atoms with Gasteiger partial charge in [0.25, 0.3) is 0 Å². The van der Waals surface area contributed by atoms with Gasteiger partial charge in [-0.2, -0.15) is 17.6 Å². The number of hydrogen-bond donors (Lipinski definition) is 0. The van der Waals surface area contributed by atoms with Crippen LogP contribution < -0.4 is 0 Å². The molecule has 0 saturated carbocycles. The van der Waals surface area contributed by atoms with Gasteiger partial charge in [-0.05, 0) is 0 Å². The number of halogens is 4. The second-order valence-corrected chi connectivity index (χ2v) is 2.94. The SMILES string of the molecule is C=CC(=O)OCCC1C(F)(F)OC1(F)F. The van der Waals surface area contributed by atoms with E-state index < -0.39 is 37.1 Å². The molecule has 7 heteroatoms. The van der Waals surface area contributed by atoms with Crippen molar-refractivity contribution in [1.29, 1.82) is 0 Å². The largest absolute Gasteiger partial charge is 0.463 e. The van der Waals surface area contributed by atoms with E-state index in [1.54, 1.807) is 0 Å². The molecule has 86 valence electrons. The van der Waals surface area contributed by atoms with Gasteiger partial charge < -0.3 is 4.74 Å². The zero-order valence-electron chi connectivity index (χ0n) is 7.51. The van der Waals surface area contributed by atoms with E-state index in [1.807, 2.05) is 0 Å². The molecule has 0 spiro atoms. The molecule has 1 aliphatic heterocycles. The minimum atomic E-state index is -3.86. The highest BCUT2D eigenvalue weighted by Crippen LogP contribution is 2.53. The maximum absolute atomic E-state index is 12.4. The van der Waals surface area contributed by atoms with E-state index >= 15 is 0 Å². The van der Waals surface area contributed by atoms with Crippen LogP contribution in [0.3, 0.4) is 0 Å². The van der Waals surface area contributed by atoms with Crippen molar-refractivity contribution in [2.24, 2.45) is 5.92 Å². The van der Waals surface area contributed by atoms with Crippen LogP contribution in [0.15, 0.2) is 12.7 Å². The minimum Gasteiger partial charge on any atom is -0.463 e. The summed E-state index contributed by atoms with van der Waals surface area (Å²) in [5, 5.41) is 0. The van der Waals surface area contributed by atoms with E-state index in [1.165, 1.54) is 0 Å². The van der Waals surface area contributed by atoms with E-state index in [2.05, 4.69) is 16.1 Å². The molecule has 0 unspecified atom stereocenters. The van der Waals surface area contributed by atoms with Gasteiger partial charge in [-0.1, -0.05) is 6.58 Å². The molecule has 3 nitrogen and oxygen atoms in total. The summed E-state index contributed by atoms with van der Waals surface area (Å²) in [7, 11) is 0. The molecule has 0 amide bonds. The Morgan fingerprint density at radius 2 is 1.93 bits per heavy atom. The van der Waals surface area contributed by atoms with Gasteiger partial charge in [0, 0.05) is 12.5 Å². The fourth-order valence-corrected chi connectivity index (χ4v) is 1.13. The maximum atomic E-state index is 12.4. The standard InChI is InChI=1S/C8H8F4O3/c1-2-6(13)14-4-3-5-7(9,10)15-8(5,11)12/h2,5H,1,3-4H2. The molecule has 1 heterocycles. The first-order chi connectivity index (χ1) is 6.79. The van der Waals surface area contributed by atoms with Crippen molar-refractivity contribution >= 4 is 5.97 Å². The van der Waals surface area contributed by atoms with Gasteiger partial charge >= 0.3 is 18.2 Å². The number of hydrogen-bond acceptors (Lipinski definition) is 3. The third kappa shape index (κ3) is 2.47. The average Bonchev–Trinajstić information content (AvgIpc) is 2.09. The van der Waals surface area contributed by atoms with Crippen molar-refractivity contribution in [3.05, 3.63) is 12.7 Å². The molecule has 0 radical (unpaired) electrons. The van der Waals surface area contributed by atoms with Crippen LogP contribution in [0.5, 0.6) is 0 Å². The van der Waals surface area contributed by atoms with Crippen molar-refractivity contribution in [3.63, 3.8) is 0 Å². The summed E-state index contributed by atoms with van der Waals surface area (Å²) in [5.41, 5.74) is 0. The summed E-state index contributed by atoms with van der Waals surface area (Å²) in [5.74, 6) is -3.09. The zero-order valence-corrected chi connectivity index (χ0v) is 7.51. The van der Waals surface area contributed by atoms with Crippen molar-refractivity contribution in [3.8, 4) is 0 Å². The number of esters is 1. The molecule has 1 saturated heterocycles. The molecule has 1 aliphatic rings. The van der Waals surface area contributed by atoms with Crippen LogP contribution in [0, 0.1) is 5.92 Å². The topological polar surface area (TPSA) is 35.5 Å². The lowest BCUT2D eigenvalue weighted by Gasteiger charge is -2.42. The third-order valence-corrected chi connectivity index (χ3v) is 1.90. The van der Waals surface area contributed by atoms with Crippen LogP contribution >= 0.6 is 0 Å². The summed E-state index contributed by atoms with van der Waals surface area (Å²) in [6.45, 7) is 2.53. The Labute approximate surface area is 82.6 Å². The second kappa shape index (κ2) is 3.80. The first-order valence-corrected chi connectivity index (χ1v) is 4.04. The van der Waals surface area contributed by atoms with Gasteiger partial charge in [0.05, 0.1) is 6.61 Å². The molecular formula is C8H8F4O3. The Balaban J connectivity index is 2.38. The minimum absolute atomic E-state index is 0.524. The van der Waals surface area contributed by atoms with Crippen molar-refractivity contribution in [2.75, 3.05) is 6.61 Å². The third-order valence-electron chi connectivity index (χ3n) is 1.90. The van der Waals surface area contributed by atoms with Crippen LogP contribution in [0.2, 0.25) is 0 Å². The smallest absolute Gasteiger partial charge is 0.371 e. The van der Waals surface area contributed by atoms with Crippen molar-refractivity contribution in [1.82, 2.24) is 0 Å². The van der Waals surface area contributed by atoms with E-state index in [9.17, 15) is 22.4 Å². The Bertz CT molecular complexity index is 263. The van der Waals surface area contributed by atoms with Crippen LogP contribution in [0.25, 0.3) is 0 Å². The fourth-order valence-electron chi connectivity index (χ4n) is 1.13. The molecule has 0 aromatic carbocycles. The van der Waals surface area contributed by atoms with Gasteiger partial charge in [0.1, 0.15) is 5.92 Å². The van der Waals surface area contributed by atoms with E-state index in [4.69, 9.17) is 0 Å². The Morgan fingerprint density at radius 1 is 1.40 bits per heavy atom. The average molecular weight is 228 g/mol. The van der Waals surface area contributed by atoms with Gasteiger partial charge in [-0.25, -0.2) is 4.79 Å². The van der Waals surface area contributed by atoms with E-state index in [0.717, 1.165) is 6.08 Å². The van der Waals surface area contributed by atoms with Crippen LogP contribution in [-0.2, 0) is 14.3 Å². The number of alkyl halides is 4. The normalized spacial score (nSPS) is 22.9. The molecule has 0 aromatic rings. The van der Waals surface area contributed by atoms with Gasteiger partial charge in [0.15, 0.2) is 0 Å². The van der Waals surface area contributed by atoms with E-state index in [0.29, 0.717) is 0 Å². The maximum Gasteiger partial charge on any atom is 0.371 e. The lowest BCUT2D eigenvalue weighted by atomic mass is 9.98. The Morgan fingerprint density at radius 3 is 2.33 bits per heavy atom. The highest BCUT2D eigenvalue weighted by molar-refractivity contribution is 5.81. The van der Waals surface area contributed by atoms with Crippen LogP contribution in [0.4, 0.5) is 17.6 Å². The molecule has 1 rings (SSSR count). The first kappa shape index (κ1) is 12.0. The molecule has 1 fully saturated rings. The lowest BCUT2D eigenvalue weighted by Crippen LogP contribution is -2.59. The zero-order chi connectivity index (χ0) is 11.7. The molecule has 0 bridgehead atoms. The molecule has 0 N–H and O–H groups in total. The predicted molar refractivity (Wildman–Crippen MR) is 40.2 cm³/mol. The summed E-state index contributed by atoms with van der Waals surface area (Å²) < 4.78 is 57.2. The quantitative estimate of drug-likeness (QED) is 0.419. The second-order valence-electron chi connectivity index (χ2n) is 2.94. The highest BCUT2D eigenvalue weighted by atomic mass is 19.3. The number of carbonyl (C=O) groups excluding carboxylic acids is 1. The molecule has 0 atom stereocenters. The molecule has 15 heavy (non-hydrogen) atoms. The monoisotopic (exact) mass is 228 g/mol. The van der Waals surface area contributed by atoms with Crippen LogP contribution in [-0.4, -0.2) is 24.8 Å². The lowest BCUT2D eigenvalue weighted by molar-refractivity contribution is -0.518.